The van der Waals surface area contributed by atoms with E-state index in [1.54, 1.807) is 0 Å². The monoisotopic (exact) mass is 478 g/mol. The molecule has 0 bridgehead atoms. The van der Waals surface area contributed by atoms with Gasteiger partial charge in [0.05, 0.1) is 6.61 Å². The smallest absolute Gasteiger partial charge is 0.303 e. The predicted octanol–water partition coefficient (Wildman–Crippen LogP) is 3.02. The molecule has 1 fully saturated rings. The summed E-state index contributed by atoms with van der Waals surface area (Å²) < 4.78 is 23.0. The Morgan fingerprint density at radius 1 is 0.829 bits per heavy atom. The summed E-state index contributed by atoms with van der Waals surface area (Å²) >= 11 is 0. The quantitative estimate of drug-likeness (QED) is 0.380. The molecule has 1 aliphatic rings. The van der Waals surface area contributed by atoms with Gasteiger partial charge in [-0.3, -0.25) is 4.79 Å². The minimum atomic E-state index is -1.35. The number of aliphatic hydroxyl groups excluding tert-OH is 2. The van der Waals surface area contributed by atoms with Crippen LogP contribution in [0.3, 0.4) is 0 Å². The molecule has 0 spiro atoms. The zero-order chi connectivity index (χ0) is 24.8. The van der Waals surface area contributed by atoms with Crippen molar-refractivity contribution in [1.82, 2.24) is 0 Å². The largest absolute Gasteiger partial charge is 0.457 e. The second kappa shape index (κ2) is 11.1. The lowest BCUT2D eigenvalue weighted by molar-refractivity contribution is -0.301. The van der Waals surface area contributed by atoms with Crippen molar-refractivity contribution in [3.8, 4) is 0 Å². The van der Waals surface area contributed by atoms with Crippen LogP contribution in [-0.2, 0) is 29.3 Å². The van der Waals surface area contributed by atoms with Gasteiger partial charge in [-0.25, -0.2) is 0 Å². The first kappa shape index (κ1) is 25.0. The molecule has 7 heteroatoms. The number of hydrogen-bond acceptors (Lipinski definition) is 7. The van der Waals surface area contributed by atoms with Gasteiger partial charge in [-0.1, -0.05) is 91.0 Å². The number of hydrogen-bond donors (Lipinski definition) is 2. The Balaban J connectivity index is 1.75. The molecular formula is C28H30O7. The van der Waals surface area contributed by atoms with Crippen LogP contribution in [0, 0.1) is 0 Å². The number of rotatable bonds is 8. The number of esters is 1. The van der Waals surface area contributed by atoms with E-state index in [0.717, 1.165) is 16.7 Å². The summed E-state index contributed by atoms with van der Waals surface area (Å²) in [6.45, 7) is 1.14. The second-order valence-electron chi connectivity index (χ2n) is 8.42. The molecule has 0 unspecified atom stereocenters. The Labute approximate surface area is 204 Å². The minimum absolute atomic E-state index is 0.0792. The van der Waals surface area contributed by atoms with E-state index in [1.165, 1.54) is 14.0 Å². The highest BCUT2D eigenvalue weighted by Gasteiger charge is 2.48. The molecule has 184 valence electrons. The average molecular weight is 479 g/mol. The predicted molar refractivity (Wildman–Crippen MR) is 128 cm³/mol. The van der Waals surface area contributed by atoms with Crippen LogP contribution in [0.15, 0.2) is 91.0 Å². The maximum atomic E-state index is 11.6. The third kappa shape index (κ3) is 5.15. The van der Waals surface area contributed by atoms with Gasteiger partial charge in [0.15, 0.2) is 12.4 Å². The lowest BCUT2D eigenvalue weighted by Gasteiger charge is -2.43. The fourth-order valence-corrected chi connectivity index (χ4v) is 4.54. The van der Waals surface area contributed by atoms with Gasteiger partial charge in [0.25, 0.3) is 0 Å². The van der Waals surface area contributed by atoms with E-state index < -0.39 is 42.3 Å². The summed E-state index contributed by atoms with van der Waals surface area (Å²) in [5.41, 5.74) is 1.65. The van der Waals surface area contributed by atoms with E-state index in [2.05, 4.69) is 0 Å². The van der Waals surface area contributed by atoms with Crippen molar-refractivity contribution < 1.29 is 34.0 Å². The van der Waals surface area contributed by atoms with E-state index in [1.807, 2.05) is 91.0 Å². The standard InChI is InChI=1S/C28H30O7/c1-19(29)34-26-24(30)23(35-27(32-2)25(26)31)18-33-28(20-12-6-3-7-13-20,21-14-8-4-9-15-21)22-16-10-5-11-17-22/h3-17,23-27,30-31H,18H2,1-2H3/t23-,24-,25-,26+,27+/m1/s1. The van der Waals surface area contributed by atoms with E-state index in [9.17, 15) is 15.0 Å². The first-order chi connectivity index (χ1) is 17.0. The van der Waals surface area contributed by atoms with Gasteiger partial charge < -0.3 is 29.2 Å². The van der Waals surface area contributed by atoms with Crippen molar-refractivity contribution in [2.45, 2.75) is 43.2 Å². The van der Waals surface area contributed by atoms with Crippen LogP contribution in [0.2, 0.25) is 0 Å². The Morgan fingerprint density at radius 2 is 1.29 bits per heavy atom. The lowest BCUT2D eigenvalue weighted by atomic mass is 9.80. The fourth-order valence-electron chi connectivity index (χ4n) is 4.54. The van der Waals surface area contributed by atoms with E-state index in [4.69, 9.17) is 18.9 Å². The maximum Gasteiger partial charge on any atom is 0.303 e. The highest BCUT2D eigenvalue weighted by atomic mass is 16.7. The van der Waals surface area contributed by atoms with Crippen LogP contribution >= 0.6 is 0 Å². The second-order valence-corrected chi connectivity index (χ2v) is 8.42. The van der Waals surface area contributed by atoms with Crippen molar-refractivity contribution in [2.24, 2.45) is 0 Å². The molecule has 4 rings (SSSR count). The molecule has 0 amide bonds. The van der Waals surface area contributed by atoms with Crippen LogP contribution in [-0.4, -0.2) is 60.6 Å². The fraction of sp³-hybridized carbons (Fsp3) is 0.321. The maximum absolute atomic E-state index is 11.6. The number of benzene rings is 3. The molecule has 1 aliphatic heterocycles. The summed E-state index contributed by atoms with van der Waals surface area (Å²) in [7, 11) is 1.37. The minimum Gasteiger partial charge on any atom is -0.457 e. The summed E-state index contributed by atoms with van der Waals surface area (Å²) in [6, 6.07) is 29.4. The molecule has 2 N–H and O–H groups in total. The molecule has 0 aromatic heterocycles. The lowest BCUT2D eigenvalue weighted by Crippen LogP contribution is -2.60. The summed E-state index contributed by atoms with van der Waals surface area (Å²) in [5, 5.41) is 21.5. The Bertz CT molecular complexity index is 978. The number of carbonyl (C=O) groups is 1. The van der Waals surface area contributed by atoms with Gasteiger partial charge in [0.1, 0.15) is 23.9 Å². The highest BCUT2D eigenvalue weighted by molar-refractivity contribution is 5.66. The van der Waals surface area contributed by atoms with Gasteiger partial charge in [0.2, 0.25) is 0 Å². The van der Waals surface area contributed by atoms with E-state index in [0.29, 0.717) is 0 Å². The molecule has 0 aliphatic carbocycles. The molecule has 1 heterocycles. The van der Waals surface area contributed by atoms with Gasteiger partial charge >= 0.3 is 5.97 Å². The molecule has 0 radical (unpaired) electrons. The molecule has 3 aromatic rings. The average Bonchev–Trinajstić information content (AvgIpc) is 2.90. The van der Waals surface area contributed by atoms with E-state index in [-0.39, 0.29) is 6.61 Å². The van der Waals surface area contributed by atoms with Gasteiger partial charge in [-0.2, -0.15) is 0 Å². The Hall–Kier alpha value is -3.07. The first-order valence-electron chi connectivity index (χ1n) is 11.5. The Kier molecular flexibility index (Phi) is 7.95. The van der Waals surface area contributed by atoms with Crippen molar-refractivity contribution in [2.75, 3.05) is 13.7 Å². The normalized spacial score (nSPS) is 24.6. The van der Waals surface area contributed by atoms with Gasteiger partial charge in [0, 0.05) is 14.0 Å². The molecule has 35 heavy (non-hydrogen) atoms. The summed E-state index contributed by atoms with van der Waals surface area (Å²) in [6.07, 6.45) is -5.95. The SMILES string of the molecule is CO[C@H]1O[C@H](COC(c2ccccc2)(c2ccccc2)c2ccccc2)[C@@H](O)[C@H](OC(C)=O)[C@H]1O. The van der Waals surface area contributed by atoms with E-state index >= 15 is 0 Å². The third-order valence-corrected chi connectivity index (χ3v) is 6.18. The third-order valence-electron chi connectivity index (χ3n) is 6.18. The summed E-state index contributed by atoms with van der Waals surface area (Å²) in [5.74, 6) is -0.628. The molecule has 1 saturated heterocycles. The number of carbonyl (C=O) groups excluding carboxylic acids is 1. The van der Waals surface area contributed by atoms with Crippen molar-refractivity contribution >= 4 is 5.97 Å². The van der Waals surface area contributed by atoms with Crippen molar-refractivity contribution in [3.63, 3.8) is 0 Å². The van der Waals surface area contributed by atoms with Crippen molar-refractivity contribution in [3.05, 3.63) is 108 Å². The van der Waals surface area contributed by atoms with Crippen LogP contribution in [0.5, 0.6) is 0 Å². The van der Waals surface area contributed by atoms with Crippen LogP contribution in [0.4, 0.5) is 0 Å². The zero-order valence-corrected chi connectivity index (χ0v) is 19.7. The molecule has 5 atom stereocenters. The number of ether oxygens (including phenoxy) is 4. The first-order valence-corrected chi connectivity index (χ1v) is 11.5. The number of aliphatic hydroxyl groups is 2. The van der Waals surface area contributed by atoms with Crippen molar-refractivity contribution in [1.29, 1.82) is 0 Å². The van der Waals surface area contributed by atoms with Gasteiger partial charge in [-0.05, 0) is 16.7 Å². The summed E-state index contributed by atoms with van der Waals surface area (Å²) in [4.78, 5) is 11.6. The molecule has 7 nitrogen and oxygen atoms in total. The highest BCUT2D eigenvalue weighted by Crippen LogP contribution is 2.41. The Morgan fingerprint density at radius 3 is 1.69 bits per heavy atom. The molecule has 0 saturated carbocycles. The zero-order valence-electron chi connectivity index (χ0n) is 19.7. The van der Waals surface area contributed by atoms with Crippen LogP contribution < -0.4 is 0 Å². The van der Waals surface area contributed by atoms with Crippen LogP contribution in [0.1, 0.15) is 23.6 Å². The molecular weight excluding hydrogens is 448 g/mol. The topological polar surface area (TPSA) is 94.5 Å². The van der Waals surface area contributed by atoms with Gasteiger partial charge in [-0.15, -0.1) is 0 Å². The van der Waals surface area contributed by atoms with Crippen LogP contribution in [0.25, 0.3) is 0 Å². The molecule has 3 aromatic carbocycles. The number of methoxy groups -OCH3 is 1.